The van der Waals surface area contributed by atoms with E-state index in [1.165, 1.54) is 11.6 Å². The molecule has 2 heterocycles. The lowest BCUT2D eigenvalue weighted by atomic mass is 10.1. The van der Waals surface area contributed by atoms with Crippen molar-refractivity contribution in [2.45, 2.75) is 0 Å². The summed E-state index contributed by atoms with van der Waals surface area (Å²) in [7, 11) is 0. The topological polar surface area (TPSA) is 49.2 Å². The lowest BCUT2D eigenvalue weighted by Gasteiger charge is -1.92. The Morgan fingerprint density at radius 3 is 2.76 bits per heavy atom. The molecule has 0 saturated carbocycles. The Bertz CT molecular complexity index is 854. The highest BCUT2D eigenvalue weighted by Gasteiger charge is 2.09. The first-order chi connectivity index (χ1) is 8.33. The van der Waals surface area contributed by atoms with Crippen LogP contribution >= 0.6 is 0 Å². The van der Waals surface area contributed by atoms with Crippen LogP contribution in [0.1, 0.15) is 0 Å². The van der Waals surface area contributed by atoms with Gasteiger partial charge in [0.15, 0.2) is 5.75 Å². The number of aromatic nitrogens is 1. The molecular formula is C14H9NO2. The van der Waals surface area contributed by atoms with Gasteiger partial charge in [-0.25, -0.2) is 0 Å². The molecule has 2 aromatic carbocycles. The summed E-state index contributed by atoms with van der Waals surface area (Å²) in [5.41, 5.74) is 2.81. The van der Waals surface area contributed by atoms with Crippen molar-refractivity contribution in [3.63, 3.8) is 0 Å². The highest BCUT2D eigenvalue weighted by atomic mass is 16.4. The van der Waals surface area contributed by atoms with Crippen molar-refractivity contribution in [3.05, 3.63) is 42.7 Å². The van der Waals surface area contributed by atoms with Crippen molar-refractivity contribution < 1.29 is 9.52 Å². The number of para-hydroxylation sites is 1. The Labute approximate surface area is 96.3 Å². The minimum atomic E-state index is 0.181. The van der Waals surface area contributed by atoms with E-state index in [0.29, 0.717) is 5.58 Å². The molecule has 0 saturated heterocycles. The van der Waals surface area contributed by atoms with Gasteiger partial charge >= 0.3 is 0 Å². The zero-order valence-corrected chi connectivity index (χ0v) is 8.90. The molecule has 0 fully saturated rings. The van der Waals surface area contributed by atoms with Crippen LogP contribution in [0, 0.1) is 0 Å². The second-order valence-electron chi connectivity index (χ2n) is 4.19. The smallest absolute Gasteiger partial charge is 0.161 e. The number of furan rings is 1. The van der Waals surface area contributed by atoms with E-state index in [2.05, 4.69) is 11.1 Å². The fourth-order valence-corrected chi connectivity index (χ4v) is 2.36. The molecule has 0 aliphatic rings. The molecule has 82 valence electrons. The fraction of sp³-hybridized carbons (Fsp3) is 0. The number of benzene rings is 2. The van der Waals surface area contributed by atoms with Crippen LogP contribution in [0.15, 0.2) is 47.1 Å². The lowest BCUT2D eigenvalue weighted by molar-refractivity contribution is 0.464. The third kappa shape index (κ3) is 1.05. The molecule has 0 amide bonds. The summed E-state index contributed by atoms with van der Waals surface area (Å²) in [6.07, 6.45) is 1.37. The van der Waals surface area contributed by atoms with Crippen LogP contribution in [0.2, 0.25) is 0 Å². The predicted octanol–water partition coefficient (Wildman–Crippen LogP) is 3.77. The van der Waals surface area contributed by atoms with Crippen molar-refractivity contribution in [3.8, 4) is 5.75 Å². The molecule has 0 spiro atoms. The van der Waals surface area contributed by atoms with Crippen LogP contribution in [0.3, 0.4) is 0 Å². The second-order valence-corrected chi connectivity index (χ2v) is 4.19. The van der Waals surface area contributed by atoms with Gasteiger partial charge < -0.3 is 14.5 Å². The van der Waals surface area contributed by atoms with Gasteiger partial charge in [0, 0.05) is 21.8 Å². The van der Waals surface area contributed by atoms with Crippen molar-refractivity contribution in [1.29, 1.82) is 0 Å². The van der Waals surface area contributed by atoms with Crippen molar-refractivity contribution >= 4 is 32.8 Å². The zero-order chi connectivity index (χ0) is 11.4. The minimum absolute atomic E-state index is 0.181. The maximum Gasteiger partial charge on any atom is 0.161 e. The van der Waals surface area contributed by atoms with E-state index in [1.54, 1.807) is 0 Å². The van der Waals surface area contributed by atoms with Gasteiger partial charge in [-0.05, 0) is 18.2 Å². The monoisotopic (exact) mass is 223 g/mol. The molecule has 3 heteroatoms. The van der Waals surface area contributed by atoms with Gasteiger partial charge in [0.2, 0.25) is 0 Å². The largest absolute Gasteiger partial charge is 0.504 e. The SMILES string of the molecule is Oc1coc2cc3c(cc12)[nH]c1ccccc13. The second kappa shape index (κ2) is 2.83. The molecule has 0 aliphatic heterocycles. The first kappa shape index (κ1) is 8.70. The van der Waals surface area contributed by atoms with Gasteiger partial charge in [0.25, 0.3) is 0 Å². The fourth-order valence-electron chi connectivity index (χ4n) is 2.36. The third-order valence-electron chi connectivity index (χ3n) is 3.18. The Balaban J connectivity index is 2.29. The molecule has 4 rings (SSSR count). The molecule has 0 bridgehead atoms. The molecule has 2 N–H and O–H groups in total. The maximum absolute atomic E-state index is 9.64. The number of H-pyrrole nitrogens is 1. The number of fused-ring (bicyclic) bond motifs is 4. The lowest BCUT2D eigenvalue weighted by Crippen LogP contribution is -1.68. The minimum Gasteiger partial charge on any atom is -0.504 e. The number of hydrogen-bond donors (Lipinski definition) is 2. The van der Waals surface area contributed by atoms with Crippen LogP contribution in [0.4, 0.5) is 0 Å². The number of rotatable bonds is 0. The average molecular weight is 223 g/mol. The molecule has 0 atom stereocenters. The number of aromatic amines is 1. The zero-order valence-electron chi connectivity index (χ0n) is 8.90. The first-order valence-corrected chi connectivity index (χ1v) is 5.43. The Morgan fingerprint density at radius 2 is 1.82 bits per heavy atom. The summed E-state index contributed by atoms with van der Waals surface area (Å²) in [5, 5.41) is 12.7. The van der Waals surface area contributed by atoms with Gasteiger partial charge in [-0.1, -0.05) is 18.2 Å². The summed E-state index contributed by atoms with van der Waals surface area (Å²) in [5.74, 6) is 0.181. The normalized spacial score (nSPS) is 11.8. The van der Waals surface area contributed by atoms with Crippen LogP contribution in [0.25, 0.3) is 32.8 Å². The van der Waals surface area contributed by atoms with E-state index in [-0.39, 0.29) is 5.75 Å². The summed E-state index contributed by atoms with van der Waals surface area (Å²) >= 11 is 0. The average Bonchev–Trinajstić information content (AvgIpc) is 2.88. The molecule has 0 radical (unpaired) electrons. The molecule has 0 aliphatic carbocycles. The Kier molecular flexibility index (Phi) is 1.45. The van der Waals surface area contributed by atoms with Crippen LogP contribution in [0.5, 0.6) is 5.75 Å². The number of aromatic hydroxyl groups is 1. The number of nitrogens with one attached hydrogen (secondary N) is 1. The summed E-state index contributed by atoms with van der Waals surface area (Å²) in [4.78, 5) is 3.33. The maximum atomic E-state index is 9.64. The van der Waals surface area contributed by atoms with Crippen molar-refractivity contribution in [2.75, 3.05) is 0 Å². The van der Waals surface area contributed by atoms with Gasteiger partial charge in [0.1, 0.15) is 11.8 Å². The summed E-state index contributed by atoms with van der Waals surface area (Å²) < 4.78 is 5.31. The van der Waals surface area contributed by atoms with Gasteiger partial charge in [-0.2, -0.15) is 0 Å². The first-order valence-electron chi connectivity index (χ1n) is 5.43. The van der Waals surface area contributed by atoms with Crippen molar-refractivity contribution in [2.24, 2.45) is 0 Å². The Hall–Kier alpha value is -2.42. The van der Waals surface area contributed by atoms with Crippen LogP contribution in [-0.4, -0.2) is 10.1 Å². The standard InChI is InChI=1S/C14H9NO2/c16-13-7-17-14-6-9-8-3-1-2-4-11(8)15-12(9)5-10(13)14/h1-7,15-16H. The van der Waals surface area contributed by atoms with E-state index in [4.69, 9.17) is 4.42 Å². The van der Waals surface area contributed by atoms with Gasteiger partial charge in [-0.15, -0.1) is 0 Å². The predicted molar refractivity (Wildman–Crippen MR) is 67.2 cm³/mol. The van der Waals surface area contributed by atoms with Gasteiger partial charge in [0.05, 0.1) is 5.39 Å². The van der Waals surface area contributed by atoms with E-state index in [1.807, 2.05) is 30.3 Å². The highest BCUT2D eigenvalue weighted by Crippen LogP contribution is 2.33. The van der Waals surface area contributed by atoms with E-state index in [9.17, 15) is 5.11 Å². The van der Waals surface area contributed by atoms with E-state index >= 15 is 0 Å². The molecular weight excluding hydrogens is 214 g/mol. The van der Waals surface area contributed by atoms with E-state index in [0.717, 1.165) is 21.8 Å². The summed E-state index contributed by atoms with van der Waals surface area (Å²) in [6.45, 7) is 0. The summed E-state index contributed by atoms with van der Waals surface area (Å²) in [6, 6.07) is 12.0. The van der Waals surface area contributed by atoms with Crippen LogP contribution in [-0.2, 0) is 0 Å². The highest BCUT2D eigenvalue weighted by molar-refractivity contribution is 6.11. The quantitative estimate of drug-likeness (QED) is 0.476. The molecule has 0 unspecified atom stereocenters. The Morgan fingerprint density at radius 1 is 0.941 bits per heavy atom. The van der Waals surface area contributed by atoms with Crippen LogP contribution < -0.4 is 0 Å². The molecule has 3 nitrogen and oxygen atoms in total. The van der Waals surface area contributed by atoms with Gasteiger partial charge in [-0.3, -0.25) is 0 Å². The number of hydrogen-bond acceptors (Lipinski definition) is 2. The molecule has 4 aromatic rings. The third-order valence-corrected chi connectivity index (χ3v) is 3.18. The molecule has 2 aromatic heterocycles. The van der Waals surface area contributed by atoms with Crippen molar-refractivity contribution in [1.82, 2.24) is 4.98 Å². The van der Waals surface area contributed by atoms with E-state index < -0.39 is 0 Å². The molecule has 17 heavy (non-hydrogen) atoms.